The van der Waals surface area contributed by atoms with Gasteiger partial charge in [0.05, 0.1) is 0 Å². The minimum Gasteiger partial charge on any atom is -0.436 e. The van der Waals surface area contributed by atoms with Crippen molar-refractivity contribution in [3.63, 3.8) is 0 Å². The molecule has 3 rings (SSSR count). The molecule has 90 valence electrons. The first-order valence-electron chi connectivity index (χ1n) is 5.91. The second kappa shape index (κ2) is 4.18. The van der Waals surface area contributed by atoms with Gasteiger partial charge in [-0.25, -0.2) is 4.98 Å². The summed E-state index contributed by atoms with van der Waals surface area (Å²) < 4.78 is 5.79. The third-order valence-electron chi connectivity index (χ3n) is 2.98. The van der Waals surface area contributed by atoms with Crippen LogP contribution >= 0.6 is 0 Å². The van der Waals surface area contributed by atoms with Crippen LogP contribution in [0.5, 0.6) is 0 Å². The average molecular weight is 238 g/mol. The third-order valence-corrected chi connectivity index (χ3v) is 2.98. The number of anilines is 1. The predicted octanol–water partition coefficient (Wildman–Crippen LogP) is 3.84. The highest BCUT2D eigenvalue weighted by Gasteiger charge is 2.08. The Labute approximate surface area is 105 Å². The summed E-state index contributed by atoms with van der Waals surface area (Å²) >= 11 is 0. The van der Waals surface area contributed by atoms with E-state index in [-0.39, 0.29) is 0 Å². The molecule has 18 heavy (non-hydrogen) atoms. The van der Waals surface area contributed by atoms with E-state index in [4.69, 9.17) is 4.42 Å². The van der Waals surface area contributed by atoms with Gasteiger partial charge in [0, 0.05) is 24.4 Å². The van der Waals surface area contributed by atoms with Crippen LogP contribution in [-0.4, -0.2) is 12.0 Å². The van der Waals surface area contributed by atoms with Crippen molar-refractivity contribution in [1.82, 2.24) is 4.98 Å². The van der Waals surface area contributed by atoms with E-state index in [0.717, 1.165) is 22.4 Å². The van der Waals surface area contributed by atoms with Crippen molar-refractivity contribution in [1.29, 1.82) is 0 Å². The van der Waals surface area contributed by atoms with Gasteiger partial charge < -0.3 is 9.73 Å². The number of aryl methyl sites for hydroxylation is 1. The van der Waals surface area contributed by atoms with Crippen molar-refractivity contribution < 1.29 is 4.42 Å². The monoisotopic (exact) mass is 238 g/mol. The lowest BCUT2D eigenvalue weighted by Gasteiger charge is -1.96. The van der Waals surface area contributed by atoms with Crippen LogP contribution in [0.25, 0.3) is 22.6 Å². The maximum Gasteiger partial charge on any atom is 0.227 e. The van der Waals surface area contributed by atoms with E-state index in [2.05, 4.69) is 29.4 Å². The Morgan fingerprint density at radius 1 is 1.06 bits per heavy atom. The summed E-state index contributed by atoms with van der Waals surface area (Å²) in [7, 11) is 1.89. The maximum absolute atomic E-state index is 5.79. The predicted molar refractivity (Wildman–Crippen MR) is 73.7 cm³/mol. The first-order valence-corrected chi connectivity index (χ1v) is 5.91. The van der Waals surface area contributed by atoms with Crippen LogP contribution in [0.1, 0.15) is 5.56 Å². The van der Waals surface area contributed by atoms with E-state index in [9.17, 15) is 0 Å². The lowest BCUT2D eigenvalue weighted by atomic mass is 10.1. The topological polar surface area (TPSA) is 38.1 Å². The van der Waals surface area contributed by atoms with Gasteiger partial charge in [0.2, 0.25) is 5.89 Å². The van der Waals surface area contributed by atoms with Crippen LogP contribution in [0, 0.1) is 6.92 Å². The Morgan fingerprint density at radius 2 is 1.83 bits per heavy atom. The minimum atomic E-state index is 0.665. The highest BCUT2D eigenvalue weighted by atomic mass is 16.3. The molecule has 3 nitrogen and oxygen atoms in total. The molecule has 2 aromatic carbocycles. The molecule has 0 spiro atoms. The molecule has 1 N–H and O–H groups in total. The van der Waals surface area contributed by atoms with E-state index in [1.54, 1.807) is 0 Å². The number of hydrogen-bond acceptors (Lipinski definition) is 3. The van der Waals surface area contributed by atoms with Crippen LogP contribution in [0.4, 0.5) is 5.69 Å². The molecule has 0 aliphatic rings. The maximum atomic E-state index is 5.79. The van der Waals surface area contributed by atoms with E-state index >= 15 is 0 Å². The van der Waals surface area contributed by atoms with Crippen LogP contribution in [0.15, 0.2) is 46.9 Å². The van der Waals surface area contributed by atoms with Crippen LogP contribution in [-0.2, 0) is 0 Å². The zero-order chi connectivity index (χ0) is 12.5. The lowest BCUT2D eigenvalue weighted by Crippen LogP contribution is -1.85. The Hall–Kier alpha value is -2.29. The summed E-state index contributed by atoms with van der Waals surface area (Å²) in [6.07, 6.45) is 0. The quantitative estimate of drug-likeness (QED) is 0.737. The van der Waals surface area contributed by atoms with Crippen molar-refractivity contribution in [2.24, 2.45) is 0 Å². The number of hydrogen-bond donors (Lipinski definition) is 1. The highest BCUT2D eigenvalue weighted by molar-refractivity contribution is 5.79. The number of nitrogens with one attached hydrogen (secondary N) is 1. The molecule has 0 atom stereocenters. The third kappa shape index (κ3) is 1.84. The van der Waals surface area contributed by atoms with Gasteiger partial charge in [-0.15, -0.1) is 0 Å². The molecule has 0 bridgehead atoms. The van der Waals surface area contributed by atoms with Crippen molar-refractivity contribution >= 4 is 16.8 Å². The van der Waals surface area contributed by atoms with Gasteiger partial charge in [0.25, 0.3) is 0 Å². The second-order valence-corrected chi connectivity index (χ2v) is 4.32. The van der Waals surface area contributed by atoms with Crippen molar-refractivity contribution in [3.8, 4) is 11.5 Å². The number of nitrogens with zero attached hydrogens (tertiary/aromatic N) is 1. The Balaban J connectivity index is 2.10. The van der Waals surface area contributed by atoms with Crippen molar-refractivity contribution in [2.75, 3.05) is 12.4 Å². The molecule has 0 unspecified atom stereocenters. The molecular formula is C15H14N2O. The molecule has 1 aromatic heterocycles. The fraction of sp³-hybridized carbons (Fsp3) is 0.133. The molecule has 3 heteroatoms. The van der Waals surface area contributed by atoms with Gasteiger partial charge in [-0.1, -0.05) is 17.7 Å². The molecular weight excluding hydrogens is 224 g/mol. The summed E-state index contributed by atoms with van der Waals surface area (Å²) in [5.74, 6) is 0.665. The zero-order valence-corrected chi connectivity index (χ0v) is 10.4. The lowest BCUT2D eigenvalue weighted by molar-refractivity contribution is 0.620. The van der Waals surface area contributed by atoms with Gasteiger partial charge in [-0.2, -0.15) is 0 Å². The molecule has 0 amide bonds. The highest BCUT2D eigenvalue weighted by Crippen LogP contribution is 2.26. The fourth-order valence-corrected chi connectivity index (χ4v) is 1.90. The number of aromatic nitrogens is 1. The summed E-state index contributed by atoms with van der Waals surface area (Å²) in [4.78, 5) is 4.49. The van der Waals surface area contributed by atoms with Gasteiger partial charge in [-0.05, 0) is 31.2 Å². The largest absolute Gasteiger partial charge is 0.436 e. The standard InChI is InChI=1S/C15H14N2O/c1-10-3-5-11(6-4-10)15-17-13-8-7-12(16-2)9-14(13)18-15/h3-9,16H,1-2H3. The zero-order valence-electron chi connectivity index (χ0n) is 10.4. The summed E-state index contributed by atoms with van der Waals surface area (Å²) in [5.41, 5.74) is 4.94. The number of rotatable bonds is 2. The summed E-state index contributed by atoms with van der Waals surface area (Å²) in [6.45, 7) is 2.06. The molecule has 0 fully saturated rings. The van der Waals surface area contributed by atoms with E-state index < -0.39 is 0 Å². The van der Waals surface area contributed by atoms with Crippen LogP contribution < -0.4 is 5.32 Å². The molecule has 3 aromatic rings. The molecule has 0 radical (unpaired) electrons. The van der Waals surface area contributed by atoms with E-state index in [0.29, 0.717) is 5.89 Å². The summed E-state index contributed by atoms with van der Waals surface area (Å²) in [6, 6.07) is 14.1. The minimum absolute atomic E-state index is 0.665. The normalized spacial score (nSPS) is 10.8. The number of benzene rings is 2. The van der Waals surface area contributed by atoms with E-state index in [1.165, 1.54) is 5.56 Å². The smallest absolute Gasteiger partial charge is 0.227 e. The van der Waals surface area contributed by atoms with Gasteiger partial charge in [0.1, 0.15) is 5.52 Å². The Kier molecular flexibility index (Phi) is 2.52. The van der Waals surface area contributed by atoms with Crippen LogP contribution in [0.3, 0.4) is 0 Å². The molecule has 0 saturated heterocycles. The van der Waals surface area contributed by atoms with Crippen molar-refractivity contribution in [2.45, 2.75) is 6.92 Å². The van der Waals surface area contributed by atoms with E-state index in [1.807, 2.05) is 37.4 Å². The Bertz CT molecular complexity index is 683. The summed E-state index contributed by atoms with van der Waals surface area (Å²) in [5, 5.41) is 3.09. The second-order valence-electron chi connectivity index (χ2n) is 4.32. The molecule has 0 aliphatic heterocycles. The number of fused-ring (bicyclic) bond motifs is 1. The van der Waals surface area contributed by atoms with Crippen LogP contribution in [0.2, 0.25) is 0 Å². The van der Waals surface area contributed by atoms with Crippen molar-refractivity contribution in [3.05, 3.63) is 48.0 Å². The average Bonchev–Trinajstić information content (AvgIpc) is 2.82. The SMILES string of the molecule is CNc1ccc2nc(-c3ccc(C)cc3)oc2c1. The Morgan fingerprint density at radius 3 is 2.56 bits per heavy atom. The van der Waals surface area contributed by atoms with Gasteiger partial charge in [0.15, 0.2) is 5.58 Å². The molecule has 1 heterocycles. The van der Waals surface area contributed by atoms with Gasteiger partial charge in [-0.3, -0.25) is 0 Å². The van der Waals surface area contributed by atoms with Gasteiger partial charge >= 0.3 is 0 Å². The first-order chi connectivity index (χ1) is 8.76. The number of oxazole rings is 1. The molecule has 0 saturated carbocycles. The molecule has 0 aliphatic carbocycles. The first kappa shape index (κ1) is 10.8. The fourth-order valence-electron chi connectivity index (χ4n) is 1.90.